The summed E-state index contributed by atoms with van der Waals surface area (Å²) in [5, 5.41) is 3.96. The van der Waals surface area contributed by atoms with Crippen LogP contribution in [0.15, 0.2) is 41.5 Å². The molecule has 0 bridgehead atoms. The highest BCUT2D eigenvalue weighted by molar-refractivity contribution is 5.81. The number of unbranched alkanes of at least 4 members (excludes halogenated alkanes) is 14. The number of amides is 1. The minimum atomic E-state index is 0.00838. The first-order valence-corrected chi connectivity index (χ1v) is 12.4. The van der Waals surface area contributed by atoms with Gasteiger partial charge < -0.3 is 0 Å². The Morgan fingerprint density at radius 1 is 0.767 bits per heavy atom. The fourth-order valence-corrected chi connectivity index (χ4v) is 3.58. The van der Waals surface area contributed by atoms with Gasteiger partial charge in [-0.2, -0.15) is 5.10 Å². The van der Waals surface area contributed by atoms with Crippen molar-refractivity contribution in [1.82, 2.24) is 5.43 Å². The number of hydrazone groups is 1. The predicted octanol–water partition coefficient (Wildman–Crippen LogP) is 8.06. The number of allylic oxidation sites excluding steroid dienone is 1. The van der Waals surface area contributed by atoms with E-state index in [1.165, 1.54) is 83.5 Å². The summed E-state index contributed by atoms with van der Waals surface area (Å²) in [6, 6.07) is 10.0. The molecule has 1 aromatic carbocycles. The number of hydrogen-bond acceptors (Lipinski definition) is 2. The van der Waals surface area contributed by atoms with Crippen LogP contribution >= 0.6 is 0 Å². The molecular weight excluding hydrogens is 368 g/mol. The quantitative estimate of drug-likeness (QED) is 0.139. The lowest BCUT2D eigenvalue weighted by Crippen LogP contribution is -2.16. The SMILES string of the molecule is CCCCCCCCCCCCCCCCCC(=O)NN=CC=Cc1ccccc1. The first-order valence-electron chi connectivity index (χ1n) is 12.4. The standard InChI is InChI=1S/C27H44N2O/c1-2-3-4-5-6-7-8-9-10-11-12-13-14-15-19-24-27(30)29-28-25-20-23-26-21-17-16-18-22-26/h16-18,20-23,25H,2-15,19,24H2,1H3,(H,29,30). The van der Waals surface area contributed by atoms with Crippen LogP contribution in [0.5, 0.6) is 0 Å². The summed E-state index contributed by atoms with van der Waals surface area (Å²) in [6.07, 6.45) is 26.1. The highest BCUT2D eigenvalue weighted by atomic mass is 16.2. The Labute approximate surface area is 185 Å². The Morgan fingerprint density at radius 3 is 1.80 bits per heavy atom. The molecule has 0 unspecified atom stereocenters. The number of benzene rings is 1. The zero-order valence-corrected chi connectivity index (χ0v) is 19.3. The third kappa shape index (κ3) is 17.0. The second-order valence-electron chi connectivity index (χ2n) is 8.28. The predicted molar refractivity (Wildman–Crippen MR) is 132 cm³/mol. The largest absolute Gasteiger partial charge is 0.273 e. The Balaban J connectivity index is 1.82. The van der Waals surface area contributed by atoms with Gasteiger partial charge in [0.25, 0.3) is 0 Å². The van der Waals surface area contributed by atoms with Crippen LogP contribution in [0.2, 0.25) is 0 Å². The summed E-state index contributed by atoms with van der Waals surface area (Å²) >= 11 is 0. The molecule has 0 heterocycles. The molecule has 0 radical (unpaired) electrons. The maximum absolute atomic E-state index is 11.8. The Morgan fingerprint density at radius 2 is 1.27 bits per heavy atom. The third-order valence-electron chi connectivity index (χ3n) is 5.45. The van der Waals surface area contributed by atoms with Gasteiger partial charge in [-0.1, -0.05) is 133 Å². The van der Waals surface area contributed by atoms with Crippen molar-refractivity contribution in [1.29, 1.82) is 0 Å². The fourth-order valence-electron chi connectivity index (χ4n) is 3.58. The molecule has 0 fully saturated rings. The third-order valence-corrected chi connectivity index (χ3v) is 5.45. The topological polar surface area (TPSA) is 41.5 Å². The van der Waals surface area contributed by atoms with Gasteiger partial charge in [-0.3, -0.25) is 4.79 Å². The minimum absolute atomic E-state index is 0.00838. The zero-order valence-electron chi connectivity index (χ0n) is 19.3. The molecule has 0 spiro atoms. The first kappa shape index (κ1) is 26.1. The molecule has 1 amide bonds. The first-order chi connectivity index (χ1) is 14.8. The van der Waals surface area contributed by atoms with E-state index in [2.05, 4.69) is 17.5 Å². The van der Waals surface area contributed by atoms with Crippen LogP contribution in [0, 0.1) is 0 Å². The van der Waals surface area contributed by atoms with E-state index in [1.807, 2.05) is 42.5 Å². The maximum atomic E-state index is 11.8. The highest BCUT2D eigenvalue weighted by Crippen LogP contribution is 2.13. The molecule has 3 heteroatoms. The Kier molecular flexibility index (Phi) is 17.8. The molecule has 0 saturated heterocycles. The lowest BCUT2D eigenvalue weighted by molar-refractivity contribution is -0.121. The second kappa shape index (κ2) is 20.4. The van der Waals surface area contributed by atoms with Gasteiger partial charge in [0.05, 0.1) is 0 Å². The molecule has 1 rings (SSSR count). The zero-order chi connectivity index (χ0) is 21.5. The van der Waals surface area contributed by atoms with Crippen LogP contribution in [0.3, 0.4) is 0 Å². The van der Waals surface area contributed by atoms with E-state index in [1.54, 1.807) is 6.21 Å². The van der Waals surface area contributed by atoms with Crippen molar-refractivity contribution in [3.8, 4) is 0 Å². The van der Waals surface area contributed by atoms with E-state index in [9.17, 15) is 4.79 Å². The fraction of sp³-hybridized carbons (Fsp3) is 0.630. The molecular formula is C27H44N2O. The van der Waals surface area contributed by atoms with E-state index in [-0.39, 0.29) is 5.91 Å². The number of rotatable bonds is 19. The van der Waals surface area contributed by atoms with Gasteiger partial charge in [-0.25, -0.2) is 5.43 Å². The Hall–Kier alpha value is -1.90. The van der Waals surface area contributed by atoms with Crippen LogP contribution in [0.4, 0.5) is 0 Å². The van der Waals surface area contributed by atoms with Crippen LogP contribution in [-0.4, -0.2) is 12.1 Å². The lowest BCUT2D eigenvalue weighted by atomic mass is 10.0. The average Bonchev–Trinajstić information content (AvgIpc) is 2.77. The minimum Gasteiger partial charge on any atom is -0.273 e. The van der Waals surface area contributed by atoms with E-state index < -0.39 is 0 Å². The van der Waals surface area contributed by atoms with Crippen molar-refractivity contribution in [2.45, 2.75) is 110 Å². The van der Waals surface area contributed by atoms with Gasteiger partial charge in [0.2, 0.25) is 5.91 Å². The second-order valence-corrected chi connectivity index (χ2v) is 8.28. The van der Waals surface area contributed by atoms with Crippen molar-refractivity contribution in [3.05, 3.63) is 42.0 Å². The summed E-state index contributed by atoms with van der Waals surface area (Å²) < 4.78 is 0. The summed E-state index contributed by atoms with van der Waals surface area (Å²) in [7, 11) is 0. The van der Waals surface area contributed by atoms with Crippen LogP contribution in [0.25, 0.3) is 6.08 Å². The molecule has 0 aliphatic heterocycles. The normalized spacial score (nSPS) is 11.5. The number of nitrogens with one attached hydrogen (secondary N) is 1. The van der Waals surface area contributed by atoms with Gasteiger partial charge in [-0.05, 0) is 18.1 Å². The van der Waals surface area contributed by atoms with Crippen LogP contribution in [0.1, 0.15) is 115 Å². The van der Waals surface area contributed by atoms with Gasteiger partial charge in [0.15, 0.2) is 0 Å². The van der Waals surface area contributed by atoms with E-state index in [0.717, 1.165) is 18.4 Å². The molecule has 1 N–H and O–H groups in total. The van der Waals surface area contributed by atoms with E-state index in [4.69, 9.17) is 0 Å². The Bertz CT molecular complexity index is 565. The maximum Gasteiger partial charge on any atom is 0.240 e. The molecule has 0 atom stereocenters. The molecule has 168 valence electrons. The molecule has 0 aliphatic rings. The average molecular weight is 413 g/mol. The molecule has 1 aromatic rings. The van der Waals surface area contributed by atoms with Crippen molar-refractivity contribution in [3.63, 3.8) is 0 Å². The molecule has 3 nitrogen and oxygen atoms in total. The summed E-state index contributed by atoms with van der Waals surface area (Å²) in [5.41, 5.74) is 3.72. The summed E-state index contributed by atoms with van der Waals surface area (Å²) in [4.78, 5) is 11.8. The lowest BCUT2D eigenvalue weighted by Gasteiger charge is -2.03. The van der Waals surface area contributed by atoms with E-state index in [0.29, 0.717) is 6.42 Å². The van der Waals surface area contributed by atoms with Crippen molar-refractivity contribution in [2.75, 3.05) is 0 Å². The van der Waals surface area contributed by atoms with Gasteiger partial charge >= 0.3 is 0 Å². The number of carbonyl (C=O) groups is 1. The molecule has 0 aromatic heterocycles. The number of hydrogen-bond donors (Lipinski definition) is 1. The molecule has 30 heavy (non-hydrogen) atoms. The highest BCUT2D eigenvalue weighted by Gasteiger charge is 1.99. The molecule has 0 saturated carbocycles. The number of carbonyl (C=O) groups excluding carboxylic acids is 1. The summed E-state index contributed by atoms with van der Waals surface area (Å²) in [5.74, 6) is 0.00838. The van der Waals surface area contributed by atoms with Crippen molar-refractivity contribution < 1.29 is 4.79 Å². The monoisotopic (exact) mass is 412 g/mol. The van der Waals surface area contributed by atoms with Gasteiger partial charge in [0, 0.05) is 12.6 Å². The smallest absolute Gasteiger partial charge is 0.240 e. The van der Waals surface area contributed by atoms with Crippen molar-refractivity contribution in [2.24, 2.45) is 5.10 Å². The summed E-state index contributed by atoms with van der Waals surface area (Å²) in [6.45, 7) is 2.28. The van der Waals surface area contributed by atoms with Crippen LogP contribution in [-0.2, 0) is 4.79 Å². The van der Waals surface area contributed by atoms with Crippen LogP contribution < -0.4 is 5.43 Å². The van der Waals surface area contributed by atoms with Gasteiger partial charge in [0.1, 0.15) is 0 Å². The number of nitrogens with zero attached hydrogens (tertiary/aromatic N) is 1. The molecule has 0 aliphatic carbocycles. The van der Waals surface area contributed by atoms with Crippen molar-refractivity contribution >= 4 is 18.2 Å². The van der Waals surface area contributed by atoms with Gasteiger partial charge in [-0.15, -0.1) is 0 Å². The van der Waals surface area contributed by atoms with E-state index >= 15 is 0 Å².